The molecule has 5 rings (SSSR count). The lowest BCUT2D eigenvalue weighted by molar-refractivity contribution is -0.120. The van der Waals surface area contributed by atoms with E-state index >= 15 is 0 Å². The smallest absolute Gasteiger partial charge is 0.299 e. The van der Waals surface area contributed by atoms with Gasteiger partial charge in [0.25, 0.3) is 6.01 Å². The van der Waals surface area contributed by atoms with Gasteiger partial charge in [-0.15, -0.1) is 0 Å². The highest BCUT2D eigenvalue weighted by Crippen LogP contribution is 2.33. The van der Waals surface area contributed by atoms with E-state index in [1.54, 1.807) is 24.3 Å². The van der Waals surface area contributed by atoms with Gasteiger partial charge in [0.1, 0.15) is 0 Å². The van der Waals surface area contributed by atoms with E-state index in [1.165, 1.54) is 6.39 Å². The largest absolute Gasteiger partial charge is 0.444 e. The minimum absolute atomic E-state index is 0.0135. The van der Waals surface area contributed by atoms with Gasteiger partial charge >= 0.3 is 0 Å². The molecule has 180 valence electrons. The number of hydrogen-bond donors (Lipinski definition) is 1. The summed E-state index contributed by atoms with van der Waals surface area (Å²) in [4.78, 5) is 25.1. The van der Waals surface area contributed by atoms with E-state index in [0.29, 0.717) is 31.5 Å². The zero-order valence-corrected chi connectivity index (χ0v) is 19.7. The SMILES string of the molecule is Cc1cc(Nc2ncc(-c3ccccc3N(C)C(=O)CN3CCOCC3)o2)ccc1-c1cnco1. The Hall–Kier alpha value is -3.95. The number of carbonyl (C=O) groups is 1. The maximum absolute atomic E-state index is 13.0. The molecule has 0 atom stereocenters. The molecule has 2 aromatic carbocycles. The second-order valence-corrected chi connectivity index (χ2v) is 8.41. The summed E-state index contributed by atoms with van der Waals surface area (Å²) in [5.41, 5.74) is 4.40. The molecule has 0 spiro atoms. The lowest BCUT2D eigenvalue weighted by Crippen LogP contribution is -2.43. The van der Waals surface area contributed by atoms with Crippen LogP contribution in [0.25, 0.3) is 22.6 Å². The van der Waals surface area contributed by atoms with Crippen LogP contribution >= 0.6 is 0 Å². The molecule has 1 fully saturated rings. The molecule has 1 aliphatic rings. The van der Waals surface area contributed by atoms with Crippen LogP contribution in [-0.2, 0) is 9.53 Å². The molecule has 2 aromatic heterocycles. The third-order valence-electron chi connectivity index (χ3n) is 6.05. The first kappa shape index (κ1) is 22.8. The van der Waals surface area contributed by atoms with E-state index in [0.717, 1.165) is 46.9 Å². The maximum Gasteiger partial charge on any atom is 0.299 e. The number of ether oxygens (including phenoxy) is 1. The van der Waals surface area contributed by atoms with E-state index in [4.69, 9.17) is 13.6 Å². The minimum atomic E-state index is 0.0135. The number of likely N-dealkylation sites (N-methyl/N-ethyl adjacent to an activating group) is 1. The van der Waals surface area contributed by atoms with Gasteiger partial charge in [0.15, 0.2) is 17.9 Å². The van der Waals surface area contributed by atoms with Crippen LogP contribution in [0.1, 0.15) is 5.56 Å². The predicted molar refractivity (Wildman–Crippen MR) is 133 cm³/mol. The van der Waals surface area contributed by atoms with Gasteiger partial charge in [-0.1, -0.05) is 12.1 Å². The molecule has 9 heteroatoms. The van der Waals surface area contributed by atoms with Crippen LogP contribution in [0.5, 0.6) is 0 Å². The van der Waals surface area contributed by atoms with E-state index in [2.05, 4.69) is 20.2 Å². The summed E-state index contributed by atoms with van der Waals surface area (Å²) in [5.74, 6) is 1.31. The Balaban J connectivity index is 1.32. The van der Waals surface area contributed by atoms with E-state index in [1.807, 2.05) is 49.4 Å². The Morgan fingerprint density at radius 2 is 1.91 bits per heavy atom. The molecule has 0 aliphatic carbocycles. The molecular formula is C26H27N5O4. The fourth-order valence-electron chi connectivity index (χ4n) is 4.11. The second kappa shape index (κ2) is 10.1. The lowest BCUT2D eigenvalue weighted by Gasteiger charge is -2.28. The molecule has 4 aromatic rings. The highest BCUT2D eigenvalue weighted by molar-refractivity contribution is 5.98. The van der Waals surface area contributed by atoms with Crippen molar-refractivity contribution >= 4 is 23.3 Å². The van der Waals surface area contributed by atoms with E-state index in [-0.39, 0.29) is 5.91 Å². The Kier molecular flexibility index (Phi) is 6.60. The molecule has 0 bridgehead atoms. The van der Waals surface area contributed by atoms with Crippen LogP contribution in [0.15, 0.2) is 70.1 Å². The summed E-state index contributed by atoms with van der Waals surface area (Å²) in [6.45, 7) is 5.19. The second-order valence-electron chi connectivity index (χ2n) is 8.41. The zero-order chi connectivity index (χ0) is 24.2. The number of carbonyl (C=O) groups excluding carboxylic acids is 1. The summed E-state index contributed by atoms with van der Waals surface area (Å²) in [7, 11) is 1.79. The zero-order valence-electron chi connectivity index (χ0n) is 19.7. The molecule has 0 saturated carbocycles. The molecule has 1 N–H and O–H groups in total. The highest BCUT2D eigenvalue weighted by atomic mass is 16.5. The molecule has 9 nitrogen and oxygen atoms in total. The molecule has 1 saturated heterocycles. The average Bonchev–Trinajstić information content (AvgIpc) is 3.57. The van der Waals surface area contributed by atoms with Gasteiger partial charge < -0.3 is 23.8 Å². The van der Waals surface area contributed by atoms with Crippen LogP contribution in [0.3, 0.4) is 0 Å². The molecular weight excluding hydrogens is 446 g/mol. The van der Waals surface area contributed by atoms with Crippen LogP contribution in [0, 0.1) is 6.92 Å². The molecule has 35 heavy (non-hydrogen) atoms. The number of aromatic nitrogens is 2. The molecule has 0 unspecified atom stereocenters. The van der Waals surface area contributed by atoms with Crippen molar-refractivity contribution in [2.45, 2.75) is 6.92 Å². The van der Waals surface area contributed by atoms with Gasteiger partial charge in [-0.2, -0.15) is 0 Å². The summed E-state index contributed by atoms with van der Waals surface area (Å²) < 4.78 is 16.8. The van der Waals surface area contributed by atoms with Crippen molar-refractivity contribution in [2.75, 3.05) is 50.1 Å². The first-order valence-corrected chi connectivity index (χ1v) is 11.5. The summed E-state index contributed by atoms with van der Waals surface area (Å²) in [6, 6.07) is 13.9. The van der Waals surface area contributed by atoms with E-state index < -0.39 is 0 Å². The number of aryl methyl sites for hydroxylation is 1. The number of amides is 1. The number of nitrogens with one attached hydrogen (secondary N) is 1. The number of morpholine rings is 1. The van der Waals surface area contributed by atoms with Crippen molar-refractivity contribution in [1.29, 1.82) is 0 Å². The third-order valence-corrected chi connectivity index (χ3v) is 6.05. The number of oxazole rings is 2. The monoisotopic (exact) mass is 473 g/mol. The van der Waals surface area contributed by atoms with E-state index in [9.17, 15) is 4.79 Å². The molecule has 1 aliphatic heterocycles. The third kappa shape index (κ3) is 5.11. The van der Waals surface area contributed by atoms with Gasteiger partial charge in [-0.25, -0.2) is 9.97 Å². The fourth-order valence-corrected chi connectivity index (χ4v) is 4.11. The standard InChI is InChI=1S/C26H27N5O4/c1-18-13-19(7-8-20(18)23-14-27-17-34-23)29-26-28-15-24(35-26)21-5-3-4-6-22(21)30(2)25(32)16-31-9-11-33-12-10-31/h3-8,13-15,17H,9-12,16H2,1-2H3,(H,28,29). The van der Waals surface area contributed by atoms with Gasteiger partial charge in [0.2, 0.25) is 5.91 Å². The number of hydrogen-bond acceptors (Lipinski definition) is 8. The Labute approximate surface area is 203 Å². The Morgan fingerprint density at radius 3 is 2.69 bits per heavy atom. The molecule has 3 heterocycles. The first-order chi connectivity index (χ1) is 17.1. The van der Waals surface area contributed by atoms with Crippen LogP contribution in [-0.4, -0.2) is 60.7 Å². The number of anilines is 3. The highest BCUT2D eigenvalue weighted by Gasteiger charge is 2.21. The normalized spacial score (nSPS) is 14.1. The lowest BCUT2D eigenvalue weighted by atomic mass is 10.1. The van der Waals surface area contributed by atoms with Crippen molar-refractivity contribution in [3.63, 3.8) is 0 Å². The van der Waals surface area contributed by atoms with Crippen LogP contribution in [0.2, 0.25) is 0 Å². The predicted octanol–water partition coefficient (Wildman–Crippen LogP) is 4.34. The maximum atomic E-state index is 13.0. The Bertz CT molecular complexity index is 1290. The quantitative estimate of drug-likeness (QED) is 0.423. The number of nitrogens with zero attached hydrogens (tertiary/aromatic N) is 4. The summed E-state index contributed by atoms with van der Waals surface area (Å²) in [5, 5.41) is 3.21. The number of benzene rings is 2. The number of rotatable bonds is 7. The van der Waals surface area contributed by atoms with Crippen molar-refractivity contribution < 1.29 is 18.4 Å². The molecule has 0 radical (unpaired) electrons. The van der Waals surface area contributed by atoms with Crippen molar-refractivity contribution in [3.05, 3.63) is 66.8 Å². The van der Waals surface area contributed by atoms with Crippen molar-refractivity contribution in [1.82, 2.24) is 14.9 Å². The minimum Gasteiger partial charge on any atom is -0.444 e. The topological polar surface area (TPSA) is 96.9 Å². The molecule has 1 amide bonds. The summed E-state index contributed by atoms with van der Waals surface area (Å²) >= 11 is 0. The Morgan fingerprint density at radius 1 is 1.09 bits per heavy atom. The first-order valence-electron chi connectivity index (χ1n) is 11.5. The van der Waals surface area contributed by atoms with Gasteiger partial charge in [0.05, 0.1) is 37.8 Å². The van der Waals surface area contributed by atoms with Gasteiger partial charge in [0, 0.05) is 37.0 Å². The van der Waals surface area contributed by atoms with Gasteiger partial charge in [-0.05, 0) is 42.8 Å². The van der Waals surface area contributed by atoms with Gasteiger partial charge in [-0.3, -0.25) is 9.69 Å². The number of para-hydroxylation sites is 1. The average molecular weight is 474 g/mol. The fraction of sp³-hybridized carbons (Fsp3) is 0.269. The van der Waals surface area contributed by atoms with Crippen LogP contribution in [0.4, 0.5) is 17.4 Å². The van der Waals surface area contributed by atoms with Crippen LogP contribution < -0.4 is 10.2 Å². The van der Waals surface area contributed by atoms with Crippen molar-refractivity contribution in [2.24, 2.45) is 0 Å². The summed E-state index contributed by atoms with van der Waals surface area (Å²) in [6.07, 6.45) is 4.77. The van der Waals surface area contributed by atoms with Crippen molar-refractivity contribution in [3.8, 4) is 22.6 Å².